The molecule has 376 valence electrons. The highest BCUT2D eigenvalue weighted by Gasteiger charge is 2.48. The van der Waals surface area contributed by atoms with Crippen LogP contribution in [0.25, 0.3) is 11.1 Å². The quantitative estimate of drug-likeness (QED) is 0.159. The summed E-state index contributed by atoms with van der Waals surface area (Å²) in [5.74, 6) is 0.896. The van der Waals surface area contributed by atoms with Gasteiger partial charge < -0.3 is 9.80 Å². The third-order valence-corrected chi connectivity index (χ3v) is 18.7. The second-order valence-corrected chi connectivity index (χ2v) is 29.2. The third-order valence-electron chi connectivity index (χ3n) is 18.7. The van der Waals surface area contributed by atoms with Crippen molar-refractivity contribution in [2.75, 3.05) is 9.80 Å². The minimum Gasteiger partial charge on any atom is -0.311 e. The predicted molar refractivity (Wildman–Crippen MR) is 316 cm³/mol. The molecule has 0 aromatic heterocycles. The van der Waals surface area contributed by atoms with Crippen molar-refractivity contribution in [3.05, 3.63) is 148 Å². The number of rotatable bonds is 5. The Morgan fingerprint density at radius 1 is 0.417 bits per heavy atom. The summed E-state index contributed by atoms with van der Waals surface area (Å²) < 4.78 is 0. The van der Waals surface area contributed by atoms with Crippen LogP contribution in [0.2, 0.25) is 0 Å². The molecule has 72 heavy (non-hydrogen) atoms. The molecule has 10 rings (SSSR count). The molecule has 0 amide bonds. The topological polar surface area (TPSA) is 6.48 Å². The molecule has 0 saturated heterocycles. The van der Waals surface area contributed by atoms with Gasteiger partial charge in [0, 0.05) is 34.0 Å². The van der Waals surface area contributed by atoms with Crippen LogP contribution in [0.15, 0.2) is 103 Å². The zero-order chi connectivity index (χ0) is 52.2. The lowest BCUT2D eigenvalue weighted by molar-refractivity contribution is 0.332. The molecule has 2 aliphatic heterocycles. The molecule has 2 aliphatic carbocycles. The monoisotopic (exact) mass is 955 g/mol. The van der Waals surface area contributed by atoms with Crippen LogP contribution in [0.3, 0.4) is 0 Å². The summed E-state index contributed by atoms with van der Waals surface area (Å²) in [6.07, 6.45) is 4.73. The first kappa shape index (κ1) is 50.5. The summed E-state index contributed by atoms with van der Waals surface area (Å²) >= 11 is 0. The average molecular weight is 955 g/mol. The lowest BCUT2D eigenvalue weighted by Crippen LogP contribution is -2.62. The second-order valence-electron chi connectivity index (χ2n) is 29.2. The van der Waals surface area contributed by atoms with Crippen molar-refractivity contribution in [1.82, 2.24) is 0 Å². The second kappa shape index (κ2) is 16.5. The largest absolute Gasteiger partial charge is 0.311 e. The molecule has 0 saturated carbocycles. The fourth-order valence-corrected chi connectivity index (χ4v) is 13.0. The fraction of sp³-hybridized carbons (Fsp3) is 0.478. The summed E-state index contributed by atoms with van der Waals surface area (Å²) in [5, 5.41) is 0. The van der Waals surface area contributed by atoms with E-state index in [1.807, 2.05) is 0 Å². The van der Waals surface area contributed by atoms with Gasteiger partial charge in [0.05, 0.1) is 5.69 Å². The summed E-state index contributed by atoms with van der Waals surface area (Å²) in [5.41, 5.74) is 26.2. The normalized spacial score (nSPS) is 18.8. The van der Waals surface area contributed by atoms with Crippen molar-refractivity contribution >= 4 is 57.2 Å². The molecule has 0 N–H and O–H groups in total. The van der Waals surface area contributed by atoms with Gasteiger partial charge in [-0.3, -0.25) is 0 Å². The molecule has 0 bridgehead atoms. The van der Waals surface area contributed by atoms with Gasteiger partial charge in [-0.1, -0.05) is 193 Å². The van der Waals surface area contributed by atoms with E-state index in [9.17, 15) is 0 Å². The van der Waals surface area contributed by atoms with Crippen molar-refractivity contribution in [3.63, 3.8) is 0 Å². The highest BCUT2D eigenvalue weighted by atomic mass is 15.2. The van der Waals surface area contributed by atoms with Gasteiger partial charge in [-0.25, -0.2) is 0 Å². The Morgan fingerprint density at radius 2 is 0.917 bits per heavy atom. The van der Waals surface area contributed by atoms with E-state index >= 15 is 0 Å². The zero-order valence-electron chi connectivity index (χ0n) is 48.3. The van der Waals surface area contributed by atoms with Gasteiger partial charge in [-0.2, -0.15) is 0 Å². The third kappa shape index (κ3) is 8.21. The van der Waals surface area contributed by atoms with E-state index in [-0.39, 0.29) is 44.6 Å². The number of anilines is 6. The molecule has 0 radical (unpaired) electrons. The van der Waals surface area contributed by atoms with Gasteiger partial charge >= 0.3 is 0 Å². The molecule has 6 aromatic rings. The predicted octanol–water partition coefficient (Wildman–Crippen LogP) is 17.8. The van der Waals surface area contributed by atoms with E-state index in [1.54, 1.807) is 0 Å². The smallest absolute Gasteiger partial charge is 0.252 e. The maximum absolute atomic E-state index is 2.74. The first-order chi connectivity index (χ1) is 33.3. The van der Waals surface area contributed by atoms with E-state index in [0.717, 1.165) is 0 Å². The number of fused-ring (bicyclic) bond motifs is 6. The maximum atomic E-state index is 2.74. The highest BCUT2D eigenvalue weighted by Crippen LogP contribution is 2.54. The lowest BCUT2D eigenvalue weighted by atomic mass is 9.33. The van der Waals surface area contributed by atoms with Crippen LogP contribution < -0.4 is 26.2 Å². The molecule has 2 heterocycles. The Kier molecular flexibility index (Phi) is 11.6. The maximum Gasteiger partial charge on any atom is 0.252 e. The van der Waals surface area contributed by atoms with Crippen molar-refractivity contribution in [1.29, 1.82) is 0 Å². The average Bonchev–Trinajstić information content (AvgIpc) is 3.30. The lowest BCUT2D eigenvalue weighted by Gasteiger charge is -2.48. The molecular weight excluding hydrogens is 868 g/mol. The molecule has 6 aromatic carbocycles. The molecule has 1 atom stereocenters. The van der Waals surface area contributed by atoms with Crippen LogP contribution in [0, 0.1) is 5.92 Å². The van der Waals surface area contributed by atoms with Gasteiger partial charge in [0.2, 0.25) is 0 Å². The van der Waals surface area contributed by atoms with Crippen LogP contribution in [0.4, 0.5) is 34.1 Å². The molecular formula is C69H87BN2. The van der Waals surface area contributed by atoms with E-state index in [1.165, 1.54) is 132 Å². The van der Waals surface area contributed by atoms with Gasteiger partial charge in [0.15, 0.2) is 0 Å². The Balaban J connectivity index is 1.36. The zero-order valence-corrected chi connectivity index (χ0v) is 48.3. The Hall–Kier alpha value is -5.02. The summed E-state index contributed by atoms with van der Waals surface area (Å²) in [6.45, 7) is 48.4. The van der Waals surface area contributed by atoms with Crippen LogP contribution in [0.1, 0.15) is 215 Å². The summed E-state index contributed by atoms with van der Waals surface area (Å²) in [4.78, 5) is 5.46. The highest BCUT2D eigenvalue weighted by molar-refractivity contribution is 7.00. The number of hydrogen-bond donors (Lipinski definition) is 0. The van der Waals surface area contributed by atoms with Gasteiger partial charge in [-0.05, 0) is 190 Å². The van der Waals surface area contributed by atoms with Crippen LogP contribution in [0.5, 0.6) is 0 Å². The van der Waals surface area contributed by atoms with Gasteiger partial charge in [-0.15, -0.1) is 0 Å². The van der Waals surface area contributed by atoms with Crippen LogP contribution in [-0.4, -0.2) is 6.71 Å². The van der Waals surface area contributed by atoms with Crippen LogP contribution in [-0.2, 0) is 37.9 Å². The van der Waals surface area contributed by atoms with Crippen LogP contribution >= 0.6 is 0 Å². The Morgan fingerprint density at radius 3 is 1.47 bits per heavy atom. The van der Waals surface area contributed by atoms with Crippen molar-refractivity contribution in [3.8, 4) is 11.1 Å². The SMILES string of the molecule is CC(C)C(C)c1ccc2c(c1)N(c1ccc(C(C)(C)C)cc1-c1ccc(C(C)(C)C)cc1)c1cc(C(C)(C)C)cc3c1B2c1cc2c(cc1N3c1ccc3c(c1)C(C)(C)CCC3(C)C)C(C)(C)CCC2(C)C. The van der Waals surface area contributed by atoms with E-state index in [4.69, 9.17) is 0 Å². The first-order valence-corrected chi connectivity index (χ1v) is 27.8. The first-order valence-electron chi connectivity index (χ1n) is 27.8. The molecule has 3 heteroatoms. The van der Waals surface area contributed by atoms with Crippen molar-refractivity contribution in [2.24, 2.45) is 5.92 Å². The molecule has 4 aliphatic rings. The molecule has 1 unspecified atom stereocenters. The number of hydrogen-bond acceptors (Lipinski definition) is 2. The summed E-state index contributed by atoms with van der Waals surface area (Å²) in [6, 6.07) is 42.7. The van der Waals surface area contributed by atoms with E-state index < -0.39 is 0 Å². The number of benzene rings is 6. The fourth-order valence-electron chi connectivity index (χ4n) is 13.0. The molecule has 0 fully saturated rings. The Bertz CT molecular complexity index is 3130. The summed E-state index contributed by atoms with van der Waals surface area (Å²) in [7, 11) is 0. The van der Waals surface area contributed by atoms with Gasteiger partial charge in [0.25, 0.3) is 6.71 Å². The number of nitrogens with zero attached hydrogens (tertiary/aromatic N) is 2. The standard InChI is InChI=1S/C69H87BN2/c1-42(2)43(3)45-23-29-55-58(35-45)72(57-30-26-47(64(7,8)9)36-50(57)44-21-24-46(25-22-44)63(4,5)6)61-38-48(65(10,11)12)37-60-62(61)70(55)56-40-53-54(69(19,20)34-33-68(53,17)18)41-59(56)71(60)49-27-28-51-52(39-49)67(15,16)32-31-66(51,13)14/h21-30,35-43H,31-34H2,1-20H3. The van der Waals surface area contributed by atoms with Crippen molar-refractivity contribution < 1.29 is 0 Å². The van der Waals surface area contributed by atoms with E-state index in [2.05, 4.69) is 251 Å². The minimum atomic E-state index is -0.127. The molecule has 2 nitrogen and oxygen atoms in total. The van der Waals surface area contributed by atoms with Gasteiger partial charge in [0.1, 0.15) is 0 Å². The Labute approximate surface area is 437 Å². The molecule has 0 spiro atoms. The van der Waals surface area contributed by atoms with E-state index in [0.29, 0.717) is 11.8 Å². The minimum absolute atomic E-state index is 0.0287. The van der Waals surface area contributed by atoms with Crippen molar-refractivity contribution in [2.45, 2.75) is 208 Å².